The molecule has 0 fully saturated rings. The number of nitrogens with zero attached hydrogens (tertiary/aromatic N) is 5. The minimum atomic E-state index is -1.68. The van der Waals surface area contributed by atoms with Gasteiger partial charge in [-0.15, -0.1) is 0 Å². The molecular formula is C49H88N10O20. The summed E-state index contributed by atoms with van der Waals surface area (Å²) in [7, 11) is 3.01. The van der Waals surface area contributed by atoms with Crippen LogP contribution in [-0.4, -0.2) is 275 Å². The number of ether oxygens (including phenoxy) is 9. The van der Waals surface area contributed by atoms with E-state index in [4.69, 9.17) is 65.6 Å². The summed E-state index contributed by atoms with van der Waals surface area (Å²) in [6.45, 7) is 8.83. The quantitative estimate of drug-likeness (QED) is 0.0160. The number of hydrogen-bond donors (Lipinski definition) is 11. The van der Waals surface area contributed by atoms with E-state index in [9.17, 15) is 54.6 Å². The number of aliphatic hydroxyl groups excluding tert-OH is 4. The van der Waals surface area contributed by atoms with Gasteiger partial charge in [0.15, 0.2) is 24.1 Å². The van der Waals surface area contributed by atoms with Gasteiger partial charge in [-0.2, -0.15) is 0 Å². The van der Waals surface area contributed by atoms with E-state index in [2.05, 4.69) is 20.2 Å². The van der Waals surface area contributed by atoms with Gasteiger partial charge in [-0.3, -0.25) is 14.5 Å². The first-order valence-corrected chi connectivity index (χ1v) is 26.3. The summed E-state index contributed by atoms with van der Waals surface area (Å²) < 4.78 is 50.9. The highest BCUT2D eigenvalue weighted by atomic mass is 16.6. The number of carbonyl (C=O) groups is 5. The van der Waals surface area contributed by atoms with Crippen LogP contribution in [0.3, 0.4) is 0 Å². The number of guanidine groups is 2. The molecule has 0 aliphatic carbocycles. The van der Waals surface area contributed by atoms with Crippen molar-refractivity contribution in [1.82, 2.24) is 20.0 Å². The van der Waals surface area contributed by atoms with Crippen LogP contribution in [0.4, 0.5) is 4.79 Å². The van der Waals surface area contributed by atoms with Crippen LogP contribution in [-0.2, 0) is 61.8 Å². The van der Waals surface area contributed by atoms with Crippen molar-refractivity contribution >= 4 is 41.8 Å². The minimum absolute atomic E-state index is 0.0637. The number of nitrogens with two attached hydrogens (primary N) is 4. The zero-order valence-electron chi connectivity index (χ0n) is 46.1. The van der Waals surface area contributed by atoms with E-state index in [-0.39, 0.29) is 25.7 Å². The maximum Gasteiger partial charge on any atom is 0.410 e. The molecule has 2 aliphatic rings. The van der Waals surface area contributed by atoms with E-state index < -0.39 is 128 Å². The molecule has 10 atom stereocenters. The number of aliphatic imine (C=N–C) groups is 2. The second kappa shape index (κ2) is 38.8. The normalized spacial score (nSPS) is 20.5. The van der Waals surface area contributed by atoms with Crippen molar-refractivity contribution in [3.63, 3.8) is 0 Å². The first-order chi connectivity index (χ1) is 37.6. The maximum atomic E-state index is 13.3. The molecule has 0 saturated carbocycles. The molecule has 2 rings (SSSR count). The Bertz CT molecular complexity index is 1940. The number of amides is 3. The third kappa shape index (κ3) is 26.9. The number of carboxylic acids is 2. The molecule has 0 aromatic carbocycles. The van der Waals surface area contributed by atoms with E-state index in [0.717, 1.165) is 31.8 Å². The number of carboxylic acid groups (broad SMARTS) is 2. The standard InChI is InChI=1S/C49H88N10O20/c1-6-16-71-20-22-74-24-25-75-23-21-73-19-15-59(14-18-72-17-13-58(5)49(70)79-43(36(64)29-61)41-31(2)33(55-47(50)51)26-37(77-41)45(66)67)12-10-8-7-9-11-57(4)39(65)30-76-42(35(63)28-60)44-40(54-32(3)62)34(56-48(52)53)27-38(78-44)46(68)69/h26-27,31,33-36,40-44,60-61,63-64H,6-25,28-30H2,1-5H3,(H,54,62)(H,66,67)(H,68,69)(H4,50,51,55)(H4,52,53,56)/t31-,33+,34+,35-,36-,40-,41-,42-,43-,44-/m1/s1. The molecule has 0 unspecified atom stereocenters. The fourth-order valence-electron chi connectivity index (χ4n) is 8.07. The van der Waals surface area contributed by atoms with E-state index in [1.807, 2.05) is 6.92 Å². The van der Waals surface area contributed by atoms with Gasteiger partial charge in [-0.1, -0.05) is 26.7 Å². The summed E-state index contributed by atoms with van der Waals surface area (Å²) in [5, 5.41) is 63.1. The summed E-state index contributed by atoms with van der Waals surface area (Å²) in [6.07, 6.45) is -3.80. The van der Waals surface area contributed by atoms with Gasteiger partial charge in [0.05, 0.1) is 90.8 Å². The topological polar surface area (TPSA) is 440 Å². The van der Waals surface area contributed by atoms with E-state index in [0.29, 0.717) is 85.5 Å². The van der Waals surface area contributed by atoms with Crippen molar-refractivity contribution in [3.05, 3.63) is 23.7 Å². The Hall–Kier alpha value is -5.67. The van der Waals surface area contributed by atoms with Gasteiger partial charge in [0, 0.05) is 59.7 Å². The zero-order valence-corrected chi connectivity index (χ0v) is 46.1. The SMILES string of the molecule is CCCOCCOCCOCCOCCN(CCCCCCN(C)C(=O)CO[C@@H]([C@@H]1OC(C(=O)O)=C[C@H](N=C(N)N)[C@H]1NC(C)=O)[C@H](O)CO)CCOCCN(C)C(=O)O[C@@H]([C@@H]1OC(C(=O)O)=C[C@H](N=C(N)N)[C@H]1C)[C@H](O)CO. The van der Waals surface area contributed by atoms with Gasteiger partial charge >= 0.3 is 18.0 Å². The molecule has 30 nitrogen and oxygen atoms in total. The molecule has 0 radical (unpaired) electrons. The molecule has 2 heterocycles. The first-order valence-electron chi connectivity index (χ1n) is 26.3. The Morgan fingerprint density at radius 2 is 1.11 bits per heavy atom. The summed E-state index contributed by atoms with van der Waals surface area (Å²) in [4.78, 5) is 75.4. The van der Waals surface area contributed by atoms with E-state index in [1.54, 1.807) is 14.0 Å². The predicted molar refractivity (Wildman–Crippen MR) is 283 cm³/mol. The lowest BCUT2D eigenvalue weighted by molar-refractivity contribution is -0.162. The molecule has 2 aliphatic heterocycles. The molecule has 0 spiro atoms. The largest absolute Gasteiger partial charge is 0.479 e. The first kappa shape index (κ1) is 69.4. The highest BCUT2D eigenvalue weighted by Crippen LogP contribution is 2.31. The zero-order chi connectivity index (χ0) is 58.9. The second-order valence-corrected chi connectivity index (χ2v) is 18.7. The van der Waals surface area contributed by atoms with E-state index in [1.165, 1.54) is 29.8 Å². The van der Waals surface area contributed by atoms with Crippen molar-refractivity contribution in [2.45, 2.75) is 108 Å². The van der Waals surface area contributed by atoms with Crippen LogP contribution in [0.5, 0.6) is 0 Å². The molecule has 0 saturated heterocycles. The van der Waals surface area contributed by atoms with Gasteiger partial charge in [-0.25, -0.2) is 24.4 Å². The highest BCUT2D eigenvalue weighted by Gasteiger charge is 2.46. The van der Waals surface area contributed by atoms with Crippen molar-refractivity contribution in [2.24, 2.45) is 38.8 Å². The fraction of sp³-hybridized carbons (Fsp3) is 0.776. The number of hydrogen-bond acceptors (Lipinski definition) is 21. The summed E-state index contributed by atoms with van der Waals surface area (Å²) >= 11 is 0. The van der Waals surface area contributed by atoms with Gasteiger partial charge in [0.2, 0.25) is 23.3 Å². The minimum Gasteiger partial charge on any atom is -0.479 e. The van der Waals surface area contributed by atoms with Crippen LogP contribution < -0.4 is 28.3 Å². The van der Waals surface area contributed by atoms with Crippen LogP contribution in [0.25, 0.3) is 0 Å². The highest BCUT2D eigenvalue weighted by molar-refractivity contribution is 5.86. The third-order valence-corrected chi connectivity index (χ3v) is 12.3. The molecular weight excluding hydrogens is 1050 g/mol. The molecule has 79 heavy (non-hydrogen) atoms. The number of rotatable bonds is 42. The van der Waals surface area contributed by atoms with Crippen LogP contribution >= 0.6 is 0 Å². The smallest absolute Gasteiger partial charge is 0.410 e. The van der Waals surface area contributed by atoms with Crippen LogP contribution in [0.2, 0.25) is 0 Å². The lowest BCUT2D eigenvalue weighted by atomic mass is 9.87. The van der Waals surface area contributed by atoms with Crippen LogP contribution in [0.15, 0.2) is 33.7 Å². The molecule has 3 amide bonds. The number of aliphatic carboxylic acids is 2. The number of carbonyl (C=O) groups excluding carboxylic acids is 3. The van der Waals surface area contributed by atoms with Gasteiger partial charge < -0.3 is 111 Å². The molecule has 0 aromatic heterocycles. The summed E-state index contributed by atoms with van der Waals surface area (Å²) in [5.74, 6) is -6.57. The molecule has 30 heteroatoms. The van der Waals surface area contributed by atoms with Crippen molar-refractivity contribution in [3.8, 4) is 0 Å². The van der Waals surface area contributed by atoms with Crippen LogP contribution in [0.1, 0.15) is 52.9 Å². The lowest BCUT2D eigenvalue weighted by Gasteiger charge is -2.40. The second-order valence-electron chi connectivity index (χ2n) is 18.7. The van der Waals surface area contributed by atoms with Crippen molar-refractivity contribution in [2.75, 3.05) is 133 Å². The van der Waals surface area contributed by atoms with E-state index >= 15 is 0 Å². The Morgan fingerprint density at radius 3 is 1.63 bits per heavy atom. The van der Waals surface area contributed by atoms with Crippen molar-refractivity contribution in [1.29, 1.82) is 0 Å². The van der Waals surface area contributed by atoms with Gasteiger partial charge in [0.1, 0.15) is 31.0 Å². The average molecular weight is 1140 g/mol. The summed E-state index contributed by atoms with van der Waals surface area (Å²) in [6, 6.07) is -3.24. The lowest BCUT2D eigenvalue weighted by Crippen LogP contribution is -2.60. The molecule has 0 bridgehead atoms. The Morgan fingerprint density at radius 1 is 0.646 bits per heavy atom. The van der Waals surface area contributed by atoms with Gasteiger partial charge in [-0.05, 0) is 38.0 Å². The number of likely N-dealkylation sites (N-methyl/N-ethyl adjacent to an activating group) is 2. The number of aliphatic hydroxyl groups is 4. The molecule has 15 N–H and O–H groups in total. The van der Waals surface area contributed by atoms with Crippen molar-refractivity contribution < 1.29 is 97.2 Å². The van der Waals surface area contributed by atoms with Crippen LogP contribution in [0, 0.1) is 5.92 Å². The molecule has 454 valence electrons. The number of unbranched alkanes of at least 4 members (excludes halogenated alkanes) is 3. The Balaban J connectivity index is 1.96. The Labute approximate surface area is 460 Å². The fourth-order valence-corrected chi connectivity index (χ4v) is 8.07. The molecule has 0 aromatic rings. The predicted octanol–water partition coefficient (Wildman–Crippen LogP) is -3.51. The Kier molecular flexibility index (Phi) is 34.1. The average Bonchev–Trinajstić information content (AvgIpc) is 3.42. The summed E-state index contributed by atoms with van der Waals surface area (Å²) in [5.41, 5.74) is 22.2. The number of nitrogens with one attached hydrogen (secondary N) is 1. The maximum absolute atomic E-state index is 13.3. The monoisotopic (exact) mass is 1140 g/mol. The third-order valence-electron chi connectivity index (χ3n) is 12.3. The van der Waals surface area contributed by atoms with Gasteiger partial charge in [0.25, 0.3) is 0 Å².